The molecule has 0 fully saturated rings. The zero-order valence-electron chi connectivity index (χ0n) is 16.9. The summed E-state index contributed by atoms with van der Waals surface area (Å²) >= 11 is 1.17. The minimum atomic E-state index is -2.95. The molecule has 0 aliphatic rings. The highest BCUT2D eigenvalue weighted by atomic mass is 32.1. The molecule has 33 heavy (non-hydrogen) atoms. The van der Waals surface area contributed by atoms with E-state index in [-0.39, 0.29) is 11.3 Å². The lowest BCUT2D eigenvalue weighted by molar-refractivity contribution is -0.0494. The van der Waals surface area contributed by atoms with Crippen molar-refractivity contribution in [2.24, 2.45) is 0 Å². The molecule has 0 saturated heterocycles. The molecular weight excluding hydrogens is 448 g/mol. The summed E-state index contributed by atoms with van der Waals surface area (Å²) in [6.45, 7) is -2.95. The molecule has 5 rings (SSSR count). The Morgan fingerprint density at radius 2 is 1.85 bits per heavy atom. The Bertz CT molecular complexity index is 1440. The maximum atomic E-state index is 12.9. The first-order chi connectivity index (χ1) is 16.1. The van der Waals surface area contributed by atoms with Crippen LogP contribution in [0.1, 0.15) is 10.4 Å². The summed E-state index contributed by atoms with van der Waals surface area (Å²) in [6.07, 6.45) is 3.07. The summed E-state index contributed by atoms with van der Waals surface area (Å²) in [5.74, 6) is -0.420. The molecule has 1 N–H and O–H groups in total. The molecule has 0 unspecified atom stereocenters. The van der Waals surface area contributed by atoms with Gasteiger partial charge in [-0.15, -0.1) is 11.3 Å². The highest BCUT2D eigenvalue weighted by Crippen LogP contribution is 2.33. The number of hydrogen-bond acceptors (Lipinski definition) is 6. The van der Waals surface area contributed by atoms with Crippen molar-refractivity contribution in [1.29, 1.82) is 0 Å². The Hall–Kier alpha value is -4.18. The third-order valence-corrected chi connectivity index (χ3v) is 5.58. The first kappa shape index (κ1) is 20.7. The summed E-state index contributed by atoms with van der Waals surface area (Å²) in [5, 5.41) is 9.03. The smallest absolute Gasteiger partial charge is 0.387 e. The van der Waals surface area contributed by atoms with Crippen LogP contribution in [0.25, 0.3) is 28.2 Å². The van der Waals surface area contributed by atoms with Crippen LogP contribution in [-0.2, 0) is 0 Å². The van der Waals surface area contributed by atoms with Crippen LogP contribution in [0.2, 0.25) is 0 Å². The standard InChI is InChI=1S/C23H15F2N5O2S/c24-22(25)32-19-9-5-4-8-15(19)17-13-33-23(28-17)29-21(31)16-12-27-30-18(10-11-26-20(16)30)14-6-2-1-3-7-14/h1-13,22H,(H,28,29,31). The number of nitrogens with one attached hydrogen (secondary N) is 1. The number of thiazole rings is 1. The van der Waals surface area contributed by atoms with Gasteiger partial charge in [0, 0.05) is 22.7 Å². The second-order valence-corrected chi connectivity index (χ2v) is 7.71. The predicted molar refractivity (Wildman–Crippen MR) is 121 cm³/mol. The van der Waals surface area contributed by atoms with Gasteiger partial charge in [-0.2, -0.15) is 13.9 Å². The highest BCUT2D eigenvalue weighted by Gasteiger charge is 2.19. The fourth-order valence-electron chi connectivity index (χ4n) is 3.38. The summed E-state index contributed by atoms with van der Waals surface area (Å²) in [6, 6.07) is 17.8. The summed E-state index contributed by atoms with van der Waals surface area (Å²) in [4.78, 5) is 21.6. The third kappa shape index (κ3) is 4.15. The molecule has 10 heteroatoms. The number of amides is 1. The van der Waals surface area contributed by atoms with Gasteiger partial charge >= 0.3 is 6.61 Å². The lowest BCUT2D eigenvalue weighted by atomic mass is 10.1. The lowest BCUT2D eigenvalue weighted by Gasteiger charge is -2.08. The number of benzene rings is 2. The molecule has 0 radical (unpaired) electrons. The van der Waals surface area contributed by atoms with E-state index >= 15 is 0 Å². The van der Waals surface area contributed by atoms with Crippen molar-refractivity contribution in [2.45, 2.75) is 6.61 Å². The number of hydrogen-bond donors (Lipinski definition) is 1. The van der Waals surface area contributed by atoms with Gasteiger partial charge in [-0.3, -0.25) is 10.1 Å². The Balaban J connectivity index is 1.41. The van der Waals surface area contributed by atoms with Crippen molar-refractivity contribution >= 4 is 28.0 Å². The highest BCUT2D eigenvalue weighted by molar-refractivity contribution is 7.14. The van der Waals surface area contributed by atoms with Crippen molar-refractivity contribution in [2.75, 3.05) is 5.32 Å². The Kier molecular flexibility index (Phi) is 5.49. The summed E-state index contributed by atoms with van der Waals surface area (Å²) < 4.78 is 31.6. The second kappa shape index (κ2) is 8.75. The number of anilines is 1. The van der Waals surface area contributed by atoms with E-state index in [0.717, 1.165) is 11.3 Å². The van der Waals surface area contributed by atoms with E-state index in [9.17, 15) is 13.6 Å². The van der Waals surface area contributed by atoms with Gasteiger partial charge in [0.2, 0.25) is 0 Å². The number of aromatic nitrogens is 4. The molecule has 0 saturated carbocycles. The normalized spacial score (nSPS) is 11.1. The van der Waals surface area contributed by atoms with Gasteiger partial charge in [0.1, 0.15) is 11.3 Å². The zero-order valence-corrected chi connectivity index (χ0v) is 17.7. The largest absolute Gasteiger partial charge is 0.434 e. The maximum absolute atomic E-state index is 12.9. The van der Waals surface area contributed by atoms with Crippen molar-refractivity contribution in [1.82, 2.24) is 19.6 Å². The van der Waals surface area contributed by atoms with E-state index < -0.39 is 12.5 Å². The number of rotatable bonds is 6. The van der Waals surface area contributed by atoms with Gasteiger partial charge in [-0.05, 0) is 18.2 Å². The number of fused-ring (bicyclic) bond motifs is 1. The van der Waals surface area contributed by atoms with E-state index in [1.54, 1.807) is 34.3 Å². The topological polar surface area (TPSA) is 81.4 Å². The lowest BCUT2D eigenvalue weighted by Crippen LogP contribution is -2.12. The van der Waals surface area contributed by atoms with Crippen LogP contribution >= 0.6 is 11.3 Å². The molecule has 0 spiro atoms. The van der Waals surface area contributed by atoms with Crippen molar-refractivity contribution in [3.05, 3.63) is 84.0 Å². The molecular formula is C23H15F2N5O2S. The first-order valence-corrected chi connectivity index (χ1v) is 10.7. The zero-order chi connectivity index (χ0) is 22.8. The molecule has 3 heterocycles. The molecule has 164 valence electrons. The Morgan fingerprint density at radius 3 is 2.67 bits per heavy atom. The van der Waals surface area contributed by atoms with Gasteiger partial charge in [-0.25, -0.2) is 14.5 Å². The number of carbonyl (C=O) groups excluding carboxylic acids is 1. The van der Waals surface area contributed by atoms with Gasteiger partial charge in [0.15, 0.2) is 10.8 Å². The van der Waals surface area contributed by atoms with E-state index in [1.165, 1.54) is 23.6 Å². The van der Waals surface area contributed by atoms with Crippen LogP contribution in [0, 0.1) is 0 Å². The quantitative estimate of drug-likeness (QED) is 0.366. The van der Waals surface area contributed by atoms with Gasteiger partial charge in [0.25, 0.3) is 5.91 Å². The number of ether oxygens (including phenoxy) is 1. The van der Waals surface area contributed by atoms with E-state index in [4.69, 9.17) is 0 Å². The minimum Gasteiger partial charge on any atom is -0.434 e. The molecule has 2 aromatic carbocycles. The fourth-order valence-corrected chi connectivity index (χ4v) is 4.08. The number of nitrogens with zero attached hydrogens (tertiary/aromatic N) is 4. The Morgan fingerprint density at radius 1 is 1.06 bits per heavy atom. The van der Waals surface area contributed by atoms with Crippen LogP contribution in [0.5, 0.6) is 5.75 Å². The number of alkyl halides is 2. The minimum absolute atomic E-state index is 0.0101. The van der Waals surface area contributed by atoms with Crippen LogP contribution in [0.3, 0.4) is 0 Å². The molecule has 0 bridgehead atoms. The molecule has 5 aromatic rings. The third-order valence-electron chi connectivity index (χ3n) is 4.82. The molecule has 3 aromatic heterocycles. The van der Waals surface area contributed by atoms with E-state index in [2.05, 4.69) is 25.1 Å². The predicted octanol–water partition coefficient (Wildman–Crippen LogP) is 5.37. The van der Waals surface area contributed by atoms with E-state index in [1.807, 2.05) is 36.4 Å². The van der Waals surface area contributed by atoms with Crippen LogP contribution in [0.15, 0.2) is 78.4 Å². The molecule has 0 aliphatic carbocycles. The van der Waals surface area contributed by atoms with Crippen LogP contribution in [0.4, 0.5) is 13.9 Å². The van der Waals surface area contributed by atoms with Gasteiger partial charge in [0.05, 0.1) is 17.6 Å². The van der Waals surface area contributed by atoms with Gasteiger partial charge < -0.3 is 4.74 Å². The van der Waals surface area contributed by atoms with Crippen molar-refractivity contribution in [3.8, 4) is 28.3 Å². The Labute approximate surface area is 190 Å². The van der Waals surface area contributed by atoms with Gasteiger partial charge in [-0.1, -0.05) is 42.5 Å². The summed E-state index contributed by atoms with van der Waals surface area (Å²) in [5.41, 5.74) is 3.24. The number of para-hydroxylation sites is 1. The fraction of sp³-hybridized carbons (Fsp3) is 0.0435. The first-order valence-electron chi connectivity index (χ1n) is 9.79. The maximum Gasteiger partial charge on any atom is 0.387 e. The molecule has 0 aliphatic heterocycles. The average Bonchev–Trinajstić information content (AvgIpc) is 3.47. The number of carbonyl (C=O) groups is 1. The SMILES string of the molecule is O=C(Nc1nc(-c2ccccc2OC(F)F)cs1)c1cnn2c(-c3ccccc3)ccnc12. The molecule has 0 atom stereocenters. The second-order valence-electron chi connectivity index (χ2n) is 6.86. The number of halogens is 2. The summed E-state index contributed by atoms with van der Waals surface area (Å²) in [7, 11) is 0. The van der Waals surface area contributed by atoms with Crippen LogP contribution in [-0.4, -0.2) is 32.1 Å². The monoisotopic (exact) mass is 463 g/mol. The van der Waals surface area contributed by atoms with Crippen molar-refractivity contribution < 1.29 is 18.3 Å². The van der Waals surface area contributed by atoms with E-state index in [0.29, 0.717) is 22.0 Å². The molecule has 1 amide bonds. The average molecular weight is 463 g/mol. The van der Waals surface area contributed by atoms with Crippen molar-refractivity contribution in [3.63, 3.8) is 0 Å². The van der Waals surface area contributed by atoms with Crippen LogP contribution < -0.4 is 10.1 Å². The molecule has 7 nitrogen and oxygen atoms in total.